The van der Waals surface area contributed by atoms with Gasteiger partial charge in [-0.25, -0.2) is 9.05 Å². The predicted molar refractivity (Wildman–Crippen MR) is 80.5 cm³/mol. The van der Waals surface area contributed by atoms with E-state index in [4.69, 9.17) is 41.7 Å². The normalized spacial score (nSPS) is 10.0. The molecule has 0 aliphatic heterocycles. The number of hydrogen-bond donors (Lipinski definition) is 0. The summed E-state index contributed by atoms with van der Waals surface area (Å²) in [5.41, 5.74) is 0. The minimum absolute atomic E-state index is 0.0839. The third kappa shape index (κ3) is 4.10. The van der Waals surface area contributed by atoms with E-state index in [1.165, 1.54) is 38.5 Å². The molecule has 0 aliphatic carbocycles. The summed E-state index contributed by atoms with van der Waals surface area (Å²) in [7, 11) is 0.189. The van der Waals surface area contributed by atoms with Crippen LogP contribution in [0.25, 0.3) is 0 Å². The first-order valence-electron chi connectivity index (χ1n) is 5.77. The molecule has 22 heavy (non-hydrogen) atoms. The highest BCUT2D eigenvalue weighted by atomic mass is 35.5. The fourth-order valence-electron chi connectivity index (χ4n) is 1.42. The van der Waals surface area contributed by atoms with Gasteiger partial charge < -0.3 is 9.47 Å². The predicted octanol–water partition coefficient (Wildman–Crippen LogP) is 3.92. The van der Waals surface area contributed by atoms with Crippen LogP contribution in [-0.4, -0.2) is 24.2 Å². The van der Waals surface area contributed by atoms with Crippen LogP contribution in [0, 0.1) is 0 Å². The zero-order chi connectivity index (χ0) is 16.1. The van der Waals surface area contributed by atoms with Gasteiger partial charge in [-0.2, -0.15) is 9.97 Å². The summed E-state index contributed by atoms with van der Waals surface area (Å²) in [6, 6.07) is 5.85. The Hall–Kier alpha value is -1.82. The first kappa shape index (κ1) is 16.5. The van der Waals surface area contributed by atoms with Gasteiger partial charge in [0.25, 0.3) is 23.3 Å². The number of hydrogen-bond acceptors (Lipinski definition) is 7. The molecule has 0 aliphatic rings. The fourth-order valence-corrected chi connectivity index (χ4v) is 2.34. The highest BCUT2D eigenvalue weighted by Crippen LogP contribution is 2.38. The van der Waals surface area contributed by atoms with Crippen LogP contribution in [-0.2, 0) is 4.57 Å². The van der Waals surface area contributed by atoms with Gasteiger partial charge >= 0.3 is 8.25 Å². The molecule has 0 amide bonds. The lowest BCUT2D eigenvalue weighted by molar-refractivity contribution is 0.350. The van der Waals surface area contributed by atoms with E-state index in [-0.39, 0.29) is 33.6 Å². The maximum atomic E-state index is 12.0. The summed E-state index contributed by atoms with van der Waals surface area (Å²) in [5, 5.41) is 0.424. The van der Waals surface area contributed by atoms with Crippen molar-refractivity contribution in [2.24, 2.45) is 0 Å². The minimum atomic E-state index is -2.57. The van der Waals surface area contributed by atoms with Gasteiger partial charge in [-0.1, -0.05) is 23.2 Å². The van der Waals surface area contributed by atoms with Crippen LogP contribution in [0.15, 0.2) is 24.3 Å². The van der Waals surface area contributed by atoms with E-state index in [9.17, 15) is 4.57 Å². The molecule has 0 radical (unpaired) electrons. The van der Waals surface area contributed by atoms with Crippen LogP contribution in [0.2, 0.25) is 10.3 Å². The summed E-state index contributed by atoms with van der Waals surface area (Å²) in [5.74, 6) is 0.407. The Morgan fingerprint density at radius 3 is 1.64 bits per heavy atom. The lowest BCUT2D eigenvalue weighted by Gasteiger charge is -2.03. The molecule has 0 aromatic carbocycles. The molecule has 0 bridgehead atoms. The molecular formula is C12H10Cl2N2O5P+. The second-order valence-corrected chi connectivity index (χ2v) is 5.28. The van der Waals surface area contributed by atoms with Crippen molar-refractivity contribution in [2.75, 3.05) is 14.2 Å². The van der Waals surface area contributed by atoms with Crippen LogP contribution in [0.5, 0.6) is 23.3 Å². The Morgan fingerprint density at radius 1 is 0.864 bits per heavy atom. The fraction of sp³-hybridized carbons (Fsp3) is 0.167. The number of aromatic nitrogens is 2. The maximum absolute atomic E-state index is 12.0. The van der Waals surface area contributed by atoms with E-state index < -0.39 is 8.25 Å². The standard InChI is InChI=1S/C12H10Cl2N2O5P/c1-18-11-7(3-5-9(13)15-11)20-22(17)21-8-4-6-10(14)16-12(8)19-2/h3-6H,1-2H3/q+1. The molecule has 2 rings (SSSR count). The minimum Gasteiger partial charge on any atom is -0.478 e. The number of halogens is 2. The average molecular weight is 364 g/mol. The highest BCUT2D eigenvalue weighted by molar-refractivity contribution is 7.34. The van der Waals surface area contributed by atoms with Gasteiger partial charge in [-0.15, -0.1) is 0 Å². The topological polar surface area (TPSA) is 79.8 Å². The van der Waals surface area contributed by atoms with Crippen molar-refractivity contribution >= 4 is 31.5 Å². The Bertz CT molecular complexity index is 644. The Morgan fingerprint density at radius 2 is 1.27 bits per heavy atom. The van der Waals surface area contributed by atoms with Gasteiger partial charge in [0.05, 0.1) is 14.2 Å². The number of methoxy groups -OCH3 is 2. The number of pyridine rings is 2. The average Bonchev–Trinajstić information content (AvgIpc) is 2.50. The molecule has 0 spiro atoms. The lowest BCUT2D eigenvalue weighted by atomic mass is 10.4. The molecule has 116 valence electrons. The molecule has 7 nitrogen and oxygen atoms in total. The summed E-state index contributed by atoms with van der Waals surface area (Å²) in [6.45, 7) is 0. The number of nitrogens with zero attached hydrogens (tertiary/aromatic N) is 2. The van der Waals surface area contributed by atoms with Gasteiger partial charge in [-0.3, -0.25) is 0 Å². The summed E-state index contributed by atoms with van der Waals surface area (Å²) in [4.78, 5) is 7.75. The third-order valence-electron chi connectivity index (χ3n) is 2.32. The van der Waals surface area contributed by atoms with Crippen molar-refractivity contribution in [3.8, 4) is 23.3 Å². The zero-order valence-corrected chi connectivity index (χ0v) is 13.9. The first-order chi connectivity index (χ1) is 10.5. The first-order valence-corrected chi connectivity index (χ1v) is 7.63. The molecular weight excluding hydrogens is 354 g/mol. The smallest absolute Gasteiger partial charge is 0.478 e. The molecule has 2 aromatic rings. The second-order valence-electron chi connectivity index (χ2n) is 3.69. The SMILES string of the molecule is COc1nc(Cl)ccc1O[P+](=O)Oc1ccc(Cl)nc1OC. The molecule has 0 N–H and O–H groups in total. The second kappa shape index (κ2) is 7.45. The van der Waals surface area contributed by atoms with E-state index in [0.717, 1.165) is 0 Å². The van der Waals surface area contributed by atoms with Crippen molar-refractivity contribution in [3.63, 3.8) is 0 Å². The number of rotatable bonds is 6. The van der Waals surface area contributed by atoms with Crippen LogP contribution < -0.4 is 18.5 Å². The molecule has 0 saturated heterocycles. The molecule has 2 aromatic heterocycles. The number of ether oxygens (including phenoxy) is 2. The Labute approximate surface area is 137 Å². The molecule has 0 saturated carbocycles. The molecule has 2 heterocycles. The molecule has 0 fully saturated rings. The van der Waals surface area contributed by atoms with Crippen LogP contribution in [0.3, 0.4) is 0 Å². The quantitative estimate of drug-likeness (QED) is 0.568. The maximum Gasteiger partial charge on any atom is 0.805 e. The monoisotopic (exact) mass is 363 g/mol. The van der Waals surface area contributed by atoms with Crippen molar-refractivity contribution in [2.45, 2.75) is 0 Å². The molecule has 0 atom stereocenters. The van der Waals surface area contributed by atoms with Crippen LogP contribution in [0.1, 0.15) is 0 Å². The third-order valence-corrected chi connectivity index (χ3v) is 3.43. The van der Waals surface area contributed by atoms with Crippen LogP contribution >= 0.6 is 31.5 Å². The lowest BCUT2D eigenvalue weighted by Crippen LogP contribution is -1.97. The van der Waals surface area contributed by atoms with E-state index >= 15 is 0 Å². The summed E-state index contributed by atoms with van der Waals surface area (Å²) in [6.07, 6.45) is 0. The molecule has 10 heteroatoms. The largest absolute Gasteiger partial charge is 0.805 e. The van der Waals surface area contributed by atoms with Gasteiger partial charge in [0.15, 0.2) is 0 Å². The van der Waals surface area contributed by atoms with E-state index in [1.54, 1.807) is 0 Å². The Kier molecular flexibility index (Phi) is 5.60. The van der Waals surface area contributed by atoms with Crippen molar-refractivity contribution in [1.82, 2.24) is 9.97 Å². The summed E-state index contributed by atoms with van der Waals surface area (Å²) >= 11 is 11.5. The van der Waals surface area contributed by atoms with Crippen molar-refractivity contribution in [3.05, 3.63) is 34.6 Å². The van der Waals surface area contributed by atoms with Gasteiger partial charge in [-0.05, 0) is 24.3 Å². The van der Waals surface area contributed by atoms with E-state index in [2.05, 4.69) is 9.97 Å². The van der Waals surface area contributed by atoms with E-state index in [1.807, 2.05) is 0 Å². The van der Waals surface area contributed by atoms with Gasteiger partial charge in [0, 0.05) is 4.57 Å². The van der Waals surface area contributed by atoms with Gasteiger partial charge in [0.2, 0.25) is 0 Å². The zero-order valence-electron chi connectivity index (χ0n) is 11.4. The van der Waals surface area contributed by atoms with Crippen molar-refractivity contribution < 1.29 is 23.1 Å². The van der Waals surface area contributed by atoms with Crippen LogP contribution in [0.4, 0.5) is 0 Å². The Balaban J connectivity index is 2.14. The summed E-state index contributed by atoms with van der Waals surface area (Å²) < 4.78 is 32.2. The van der Waals surface area contributed by atoms with Crippen molar-refractivity contribution in [1.29, 1.82) is 0 Å². The van der Waals surface area contributed by atoms with Gasteiger partial charge in [0.1, 0.15) is 10.3 Å². The molecule has 0 unspecified atom stereocenters. The highest BCUT2D eigenvalue weighted by Gasteiger charge is 2.29. The van der Waals surface area contributed by atoms with E-state index in [0.29, 0.717) is 0 Å².